The molecule has 1 aromatic heterocycles. The van der Waals surface area contributed by atoms with Crippen LogP contribution >= 0.6 is 11.3 Å². The molecule has 0 aromatic carbocycles. The van der Waals surface area contributed by atoms with Crippen molar-refractivity contribution in [1.29, 1.82) is 0 Å². The highest BCUT2D eigenvalue weighted by molar-refractivity contribution is 7.13. The molecule has 0 bridgehead atoms. The summed E-state index contributed by atoms with van der Waals surface area (Å²) in [6, 6.07) is 0. The van der Waals surface area contributed by atoms with Crippen molar-refractivity contribution in [3.8, 4) is 0 Å². The van der Waals surface area contributed by atoms with E-state index in [9.17, 15) is 9.59 Å². The number of carbonyl (C=O) groups excluding carboxylic acids is 2. The summed E-state index contributed by atoms with van der Waals surface area (Å²) in [4.78, 5) is 29.4. The lowest BCUT2D eigenvalue weighted by Gasteiger charge is -2.24. The fourth-order valence-electron chi connectivity index (χ4n) is 2.13. The van der Waals surface area contributed by atoms with E-state index in [0.717, 1.165) is 19.4 Å². The van der Waals surface area contributed by atoms with Crippen molar-refractivity contribution in [3.63, 3.8) is 0 Å². The van der Waals surface area contributed by atoms with E-state index in [0.29, 0.717) is 18.1 Å². The van der Waals surface area contributed by atoms with Gasteiger partial charge in [0.15, 0.2) is 5.13 Å². The molecule has 0 spiro atoms. The molecule has 0 radical (unpaired) electrons. The topological polar surface area (TPSA) is 71.5 Å². The molecule has 1 aliphatic rings. The second kappa shape index (κ2) is 7.35. The maximum Gasteiger partial charge on any atom is 0.245 e. The van der Waals surface area contributed by atoms with Gasteiger partial charge < -0.3 is 15.0 Å². The van der Waals surface area contributed by atoms with Crippen LogP contribution in [0.25, 0.3) is 0 Å². The molecule has 2 heterocycles. The van der Waals surface area contributed by atoms with E-state index < -0.39 is 0 Å². The van der Waals surface area contributed by atoms with Crippen LogP contribution in [0.2, 0.25) is 0 Å². The van der Waals surface area contributed by atoms with Crippen LogP contribution in [0.3, 0.4) is 0 Å². The first-order valence-electron chi connectivity index (χ1n) is 6.77. The van der Waals surface area contributed by atoms with Crippen LogP contribution in [-0.4, -0.2) is 47.5 Å². The second-order valence-corrected chi connectivity index (χ2v) is 5.54. The summed E-state index contributed by atoms with van der Waals surface area (Å²) in [5, 5.41) is 5.03. The molecule has 20 heavy (non-hydrogen) atoms. The number of nitrogens with one attached hydrogen (secondary N) is 1. The predicted octanol–water partition coefficient (Wildman–Crippen LogP) is 1.50. The number of hydrogen-bond acceptors (Lipinski definition) is 5. The predicted molar refractivity (Wildman–Crippen MR) is 76.6 cm³/mol. The van der Waals surface area contributed by atoms with Gasteiger partial charge in [-0.15, -0.1) is 11.3 Å². The average molecular weight is 297 g/mol. The van der Waals surface area contributed by atoms with E-state index >= 15 is 0 Å². The Morgan fingerprint density at radius 3 is 3.05 bits per heavy atom. The van der Waals surface area contributed by atoms with Gasteiger partial charge in [0.25, 0.3) is 0 Å². The number of amides is 2. The van der Waals surface area contributed by atoms with Gasteiger partial charge in [0.05, 0.1) is 6.10 Å². The number of ether oxygens (including phenoxy) is 1. The van der Waals surface area contributed by atoms with Crippen molar-refractivity contribution in [3.05, 3.63) is 11.6 Å². The number of anilines is 1. The van der Waals surface area contributed by atoms with Crippen LogP contribution < -0.4 is 5.32 Å². The number of carbonyl (C=O) groups is 2. The maximum atomic E-state index is 11.9. The largest absolute Gasteiger partial charge is 0.376 e. The van der Waals surface area contributed by atoms with Crippen molar-refractivity contribution < 1.29 is 14.3 Å². The Balaban J connectivity index is 1.88. The Labute approximate surface area is 122 Å². The van der Waals surface area contributed by atoms with E-state index in [1.165, 1.54) is 11.3 Å². The SMILES string of the molecule is CCC(=O)N(CC(=O)Nc1nccs1)CC1CCCO1. The molecule has 0 saturated carbocycles. The van der Waals surface area contributed by atoms with Gasteiger partial charge in [-0.2, -0.15) is 0 Å². The lowest BCUT2D eigenvalue weighted by molar-refractivity contribution is -0.135. The quantitative estimate of drug-likeness (QED) is 0.863. The van der Waals surface area contributed by atoms with E-state index in [4.69, 9.17) is 4.74 Å². The highest BCUT2D eigenvalue weighted by atomic mass is 32.1. The number of aromatic nitrogens is 1. The summed E-state index contributed by atoms with van der Waals surface area (Å²) in [5.41, 5.74) is 0. The van der Waals surface area contributed by atoms with Gasteiger partial charge in [0.1, 0.15) is 6.54 Å². The van der Waals surface area contributed by atoms with Gasteiger partial charge in [0.2, 0.25) is 11.8 Å². The molecule has 110 valence electrons. The zero-order valence-corrected chi connectivity index (χ0v) is 12.3. The minimum Gasteiger partial charge on any atom is -0.376 e. The molecule has 2 rings (SSSR count). The first kappa shape index (κ1) is 14.9. The number of nitrogens with zero attached hydrogens (tertiary/aromatic N) is 2. The summed E-state index contributed by atoms with van der Waals surface area (Å²) in [6.45, 7) is 3.07. The van der Waals surface area contributed by atoms with E-state index in [1.807, 2.05) is 0 Å². The molecule has 0 aliphatic carbocycles. The van der Waals surface area contributed by atoms with Crippen molar-refractivity contribution in [1.82, 2.24) is 9.88 Å². The molecule has 1 fully saturated rings. The number of thiazole rings is 1. The molecule has 6 nitrogen and oxygen atoms in total. The monoisotopic (exact) mass is 297 g/mol. The Hall–Kier alpha value is -1.47. The fraction of sp³-hybridized carbons (Fsp3) is 0.615. The van der Waals surface area contributed by atoms with Gasteiger partial charge >= 0.3 is 0 Å². The van der Waals surface area contributed by atoms with E-state index in [-0.39, 0.29) is 24.5 Å². The van der Waals surface area contributed by atoms with Gasteiger partial charge in [-0.1, -0.05) is 6.92 Å². The highest BCUT2D eigenvalue weighted by Gasteiger charge is 2.23. The summed E-state index contributed by atoms with van der Waals surface area (Å²) >= 11 is 1.35. The molecule has 1 N–H and O–H groups in total. The molecular weight excluding hydrogens is 278 g/mol. The summed E-state index contributed by atoms with van der Waals surface area (Å²) in [6.07, 6.45) is 4.03. The third-order valence-electron chi connectivity index (χ3n) is 3.12. The molecule has 7 heteroatoms. The Kier molecular flexibility index (Phi) is 5.49. The van der Waals surface area contributed by atoms with Gasteiger partial charge in [-0.3, -0.25) is 9.59 Å². The van der Waals surface area contributed by atoms with E-state index in [1.54, 1.807) is 23.4 Å². The van der Waals surface area contributed by atoms with Crippen molar-refractivity contribution >= 4 is 28.3 Å². The molecular formula is C13H19N3O3S. The summed E-state index contributed by atoms with van der Waals surface area (Å²) in [7, 11) is 0. The van der Waals surface area contributed by atoms with Crippen LogP contribution in [0.5, 0.6) is 0 Å². The van der Waals surface area contributed by atoms with Crippen molar-refractivity contribution in [2.75, 3.05) is 25.0 Å². The molecule has 1 atom stereocenters. The normalized spacial score (nSPS) is 17.9. The summed E-state index contributed by atoms with van der Waals surface area (Å²) < 4.78 is 5.53. The standard InChI is InChI=1S/C13H19N3O3S/c1-2-12(18)16(8-10-4-3-6-19-10)9-11(17)15-13-14-5-7-20-13/h5,7,10H,2-4,6,8-9H2,1H3,(H,14,15,17). The van der Waals surface area contributed by atoms with Crippen molar-refractivity contribution in [2.24, 2.45) is 0 Å². The smallest absolute Gasteiger partial charge is 0.245 e. The minimum atomic E-state index is -0.222. The molecule has 2 amide bonds. The minimum absolute atomic E-state index is 0.0326. The third-order valence-corrected chi connectivity index (χ3v) is 3.80. The van der Waals surface area contributed by atoms with Crippen LogP contribution in [0.1, 0.15) is 26.2 Å². The van der Waals surface area contributed by atoms with Gasteiger partial charge in [0, 0.05) is 31.1 Å². The highest BCUT2D eigenvalue weighted by Crippen LogP contribution is 2.14. The second-order valence-electron chi connectivity index (χ2n) is 4.65. The molecule has 1 aliphatic heterocycles. The van der Waals surface area contributed by atoms with E-state index in [2.05, 4.69) is 10.3 Å². The molecule has 1 saturated heterocycles. The Bertz CT molecular complexity index is 444. The number of hydrogen-bond donors (Lipinski definition) is 1. The third kappa shape index (κ3) is 4.28. The Morgan fingerprint density at radius 2 is 2.45 bits per heavy atom. The maximum absolute atomic E-state index is 11.9. The fourth-order valence-corrected chi connectivity index (χ4v) is 2.67. The summed E-state index contributed by atoms with van der Waals surface area (Å²) in [5.74, 6) is -0.255. The van der Waals surface area contributed by atoms with Crippen LogP contribution in [-0.2, 0) is 14.3 Å². The van der Waals surface area contributed by atoms with Crippen LogP contribution in [0, 0.1) is 0 Å². The van der Waals surface area contributed by atoms with Crippen LogP contribution in [0.4, 0.5) is 5.13 Å². The number of rotatable bonds is 6. The average Bonchev–Trinajstić information content (AvgIpc) is 3.10. The zero-order chi connectivity index (χ0) is 14.4. The van der Waals surface area contributed by atoms with Crippen molar-refractivity contribution in [2.45, 2.75) is 32.3 Å². The van der Waals surface area contributed by atoms with Gasteiger partial charge in [-0.05, 0) is 12.8 Å². The first-order valence-corrected chi connectivity index (χ1v) is 7.65. The lowest BCUT2D eigenvalue weighted by atomic mass is 10.2. The van der Waals surface area contributed by atoms with Gasteiger partial charge in [-0.25, -0.2) is 4.98 Å². The zero-order valence-electron chi connectivity index (χ0n) is 11.5. The van der Waals surface area contributed by atoms with Crippen LogP contribution in [0.15, 0.2) is 11.6 Å². The first-order chi connectivity index (χ1) is 9.69. The molecule has 1 aromatic rings. The Morgan fingerprint density at radius 1 is 1.60 bits per heavy atom. The molecule has 1 unspecified atom stereocenters. The lowest BCUT2D eigenvalue weighted by Crippen LogP contribution is -2.42.